The summed E-state index contributed by atoms with van der Waals surface area (Å²) in [7, 11) is 0. The number of hydrogen-bond donors (Lipinski definition) is 0. The van der Waals surface area contributed by atoms with Crippen LogP contribution in [-0.4, -0.2) is 23.5 Å². The van der Waals surface area contributed by atoms with Crippen molar-refractivity contribution in [3.63, 3.8) is 0 Å². The highest BCUT2D eigenvalue weighted by atomic mass is 35.5. The molecule has 0 bridgehead atoms. The van der Waals surface area contributed by atoms with Crippen LogP contribution in [0.1, 0.15) is 30.5 Å². The molecule has 0 unspecified atom stereocenters. The van der Waals surface area contributed by atoms with Crippen molar-refractivity contribution in [2.24, 2.45) is 0 Å². The fourth-order valence-electron chi connectivity index (χ4n) is 2.53. The van der Waals surface area contributed by atoms with Gasteiger partial charge in [-0.25, -0.2) is 4.98 Å². The van der Waals surface area contributed by atoms with Gasteiger partial charge >= 0.3 is 0 Å². The van der Waals surface area contributed by atoms with Crippen molar-refractivity contribution in [2.45, 2.75) is 38.1 Å². The SMILES string of the molecule is ClCCN(c1ccc2c(n1)CCC2)C1CC1. The predicted molar refractivity (Wildman–Crippen MR) is 67.4 cm³/mol. The first kappa shape index (κ1) is 10.4. The predicted octanol–water partition coefficient (Wildman–Crippen LogP) is 2.78. The van der Waals surface area contributed by atoms with E-state index in [4.69, 9.17) is 16.6 Å². The van der Waals surface area contributed by atoms with Crippen LogP contribution in [0.2, 0.25) is 0 Å². The topological polar surface area (TPSA) is 16.1 Å². The van der Waals surface area contributed by atoms with Gasteiger partial charge in [0.25, 0.3) is 0 Å². The van der Waals surface area contributed by atoms with Crippen molar-refractivity contribution in [1.82, 2.24) is 4.98 Å². The molecule has 0 N–H and O–H groups in total. The van der Waals surface area contributed by atoms with E-state index < -0.39 is 0 Å². The molecule has 0 amide bonds. The van der Waals surface area contributed by atoms with E-state index in [9.17, 15) is 0 Å². The summed E-state index contributed by atoms with van der Waals surface area (Å²) in [5.74, 6) is 1.83. The van der Waals surface area contributed by atoms with Gasteiger partial charge in [-0.3, -0.25) is 0 Å². The van der Waals surface area contributed by atoms with E-state index in [0.717, 1.165) is 18.8 Å². The maximum absolute atomic E-state index is 5.87. The summed E-state index contributed by atoms with van der Waals surface area (Å²) < 4.78 is 0. The third kappa shape index (κ3) is 1.91. The zero-order valence-electron chi connectivity index (χ0n) is 9.45. The summed E-state index contributed by atoms with van der Waals surface area (Å²) >= 11 is 5.87. The van der Waals surface area contributed by atoms with Gasteiger partial charge in [0.05, 0.1) is 0 Å². The monoisotopic (exact) mass is 236 g/mol. The van der Waals surface area contributed by atoms with Gasteiger partial charge < -0.3 is 4.90 Å². The van der Waals surface area contributed by atoms with Gasteiger partial charge in [-0.2, -0.15) is 0 Å². The molecule has 16 heavy (non-hydrogen) atoms. The fourth-order valence-corrected chi connectivity index (χ4v) is 2.71. The average Bonchev–Trinajstić information content (AvgIpc) is 3.03. The second-order valence-corrected chi connectivity index (χ2v) is 5.12. The number of aryl methyl sites for hydroxylation is 2. The Labute approximate surface area is 102 Å². The number of alkyl halides is 1. The van der Waals surface area contributed by atoms with Crippen molar-refractivity contribution in [3.05, 3.63) is 23.4 Å². The Morgan fingerprint density at radius 1 is 1.31 bits per heavy atom. The molecule has 1 aromatic heterocycles. The number of nitrogens with zero attached hydrogens (tertiary/aromatic N) is 2. The van der Waals surface area contributed by atoms with Crippen molar-refractivity contribution < 1.29 is 0 Å². The van der Waals surface area contributed by atoms with Gasteiger partial charge in [-0.1, -0.05) is 6.07 Å². The molecule has 0 spiro atoms. The quantitative estimate of drug-likeness (QED) is 0.748. The van der Waals surface area contributed by atoms with E-state index >= 15 is 0 Å². The standard InChI is InChI=1S/C13H17ClN2/c14-8-9-16(11-5-6-11)13-7-4-10-2-1-3-12(10)15-13/h4,7,11H,1-3,5-6,8-9H2. The van der Waals surface area contributed by atoms with E-state index in [1.165, 1.54) is 36.9 Å². The van der Waals surface area contributed by atoms with Crippen molar-refractivity contribution in [1.29, 1.82) is 0 Å². The Kier molecular flexibility index (Phi) is 2.76. The molecule has 0 aromatic carbocycles. The summed E-state index contributed by atoms with van der Waals surface area (Å²) in [5.41, 5.74) is 2.77. The Hall–Kier alpha value is -0.760. The molecular formula is C13H17ClN2. The van der Waals surface area contributed by atoms with Crippen LogP contribution in [0, 0.1) is 0 Å². The zero-order valence-corrected chi connectivity index (χ0v) is 10.2. The average molecular weight is 237 g/mol. The van der Waals surface area contributed by atoms with Crippen LogP contribution in [0.4, 0.5) is 5.82 Å². The van der Waals surface area contributed by atoms with Gasteiger partial charge in [-0.15, -0.1) is 11.6 Å². The van der Waals surface area contributed by atoms with Crippen LogP contribution in [0.5, 0.6) is 0 Å². The van der Waals surface area contributed by atoms with Crippen LogP contribution in [0.3, 0.4) is 0 Å². The maximum atomic E-state index is 5.87. The maximum Gasteiger partial charge on any atom is 0.129 e. The Balaban J connectivity index is 1.86. The summed E-state index contributed by atoms with van der Waals surface area (Å²) in [4.78, 5) is 7.18. The molecule has 0 aliphatic heterocycles. The number of rotatable bonds is 4. The first-order valence-electron chi connectivity index (χ1n) is 6.20. The second-order valence-electron chi connectivity index (χ2n) is 4.74. The highest BCUT2D eigenvalue weighted by molar-refractivity contribution is 6.18. The molecule has 1 aromatic rings. The van der Waals surface area contributed by atoms with E-state index in [1.54, 1.807) is 0 Å². The number of anilines is 1. The van der Waals surface area contributed by atoms with E-state index in [1.807, 2.05) is 0 Å². The second kappa shape index (κ2) is 4.25. The Bertz CT molecular complexity index is 388. The van der Waals surface area contributed by atoms with Crippen LogP contribution in [-0.2, 0) is 12.8 Å². The van der Waals surface area contributed by atoms with E-state index in [-0.39, 0.29) is 0 Å². The highest BCUT2D eigenvalue weighted by Crippen LogP contribution is 2.32. The third-order valence-corrected chi connectivity index (χ3v) is 3.69. The zero-order chi connectivity index (χ0) is 11.0. The number of aromatic nitrogens is 1. The molecule has 1 saturated carbocycles. The number of hydrogen-bond acceptors (Lipinski definition) is 2. The molecule has 2 aliphatic rings. The van der Waals surface area contributed by atoms with Gasteiger partial charge in [-0.05, 0) is 43.7 Å². The van der Waals surface area contributed by atoms with Gasteiger partial charge in [0.2, 0.25) is 0 Å². The number of pyridine rings is 1. The normalized spacial score (nSPS) is 18.6. The van der Waals surface area contributed by atoms with Crippen LogP contribution in [0.25, 0.3) is 0 Å². The number of fused-ring (bicyclic) bond motifs is 1. The molecule has 3 heteroatoms. The van der Waals surface area contributed by atoms with Gasteiger partial charge in [0, 0.05) is 24.2 Å². The lowest BCUT2D eigenvalue weighted by atomic mass is 10.2. The van der Waals surface area contributed by atoms with E-state index in [2.05, 4.69) is 17.0 Å². The van der Waals surface area contributed by atoms with Crippen LogP contribution < -0.4 is 4.90 Å². The highest BCUT2D eigenvalue weighted by Gasteiger charge is 2.30. The minimum atomic E-state index is 0.690. The molecule has 2 nitrogen and oxygen atoms in total. The molecule has 0 saturated heterocycles. The molecule has 1 fully saturated rings. The smallest absolute Gasteiger partial charge is 0.129 e. The minimum Gasteiger partial charge on any atom is -0.352 e. The lowest BCUT2D eigenvalue weighted by molar-refractivity contribution is 0.804. The third-order valence-electron chi connectivity index (χ3n) is 3.52. The van der Waals surface area contributed by atoms with Crippen LogP contribution >= 0.6 is 11.6 Å². The minimum absolute atomic E-state index is 0.690. The molecule has 1 heterocycles. The van der Waals surface area contributed by atoms with Crippen molar-refractivity contribution >= 4 is 17.4 Å². The molecule has 3 rings (SSSR count). The Morgan fingerprint density at radius 2 is 2.19 bits per heavy atom. The first-order valence-corrected chi connectivity index (χ1v) is 6.73. The van der Waals surface area contributed by atoms with Gasteiger partial charge in [0.15, 0.2) is 0 Å². The Morgan fingerprint density at radius 3 is 2.94 bits per heavy atom. The first-order chi connectivity index (χ1) is 7.88. The van der Waals surface area contributed by atoms with Crippen molar-refractivity contribution in [3.8, 4) is 0 Å². The fraction of sp³-hybridized carbons (Fsp3) is 0.615. The summed E-state index contributed by atoms with van der Waals surface area (Å²) in [6.07, 6.45) is 6.24. The summed E-state index contributed by atoms with van der Waals surface area (Å²) in [6.45, 7) is 0.929. The molecule has 86 valence electrons. The van der Waals surface area contributed by atoms with Crippen LogP contribution in [0.15, 0.2) is 12.1 Å². The summed E-state index contributed by atoms with van der Waals surface area (Å²) in [6, 6.07) is 5.13. The number of halogens is 1. The van der Waals surface area contributed by atoms with Gasteiger partial charge in [0.1, 0.15) is 5.82 Å². The lowest BCUT2D eigenvalue weighted by Crippen LogP contribution is -2.28. The molecule has 2 aliphatic carbocycles. The molecule has 0 radical (unpaired) electrons. The summed E-state index contributed by atoms with van der Waals surface area (Å²) in [5, 5.41) is 0. The molecule has 0 atom stereocenters. The largest absolute Gasteiger partial charge is 0.352 e. The van der Waals surface area contributed by atoms with Crippen molar-refractivity contribution in [2.75, 3.05) is 17.3 Å². The van der Waals surface area contributed by atoms with E-state index in [0.29, 0.717) is 11.9 Å². The lowest BCUT2D eigenvalue weighted by Gasteiger charge is -2.22. The molecular weight excluding hydrogens is 220 g/mol.